The van der Waals surface area contributed by atoms with E-state index in [1.807, 2.05) is 23.1 Å². The van der Waals surface area contributed by atoms with Crippen molar-refractivity contribution < 1.29 is 9.59 Å². The SMILES string of the molecule is O=C(CCl)N1CC(=O)N2CCc3ccccc3C2C1. The van der Waals surface area contributed by atoms with Crippen molar-refractivity contribution in [3.63, 3.8) is 0 Å². The average molecular weight is 279 g/mol. The van der Waals surface area contributed by atoms with Gasteiger partial charge in [0, 0.05) is 13.1 Å². The quantitative estimate of drug-likeness (QED) is 0.724. The third kappa shape index (κ3) is 2.10. The second-order valence-corrected chi connectivity index (χ2v) is 5.23. The largest absolute Gasteiger partial charge is 0.332 e. The van der Waals surface area contributed by atoms with Crippen molar-refractivity contribution in [2.45, 2.75) is 12.5 Å². The molecule has 1 fully saturated rings. The molecular formula is C14H15ClN2O2. The molecule has 1 aromatic carbocycles. The highest BCUT2D eigenvalue weighted by molar-refractivity contribution is 6.27. The van der Waals surface area contributed by atoms with Gasteiger partial charge in [-0.2, -0.15) is 0 Å². The molecule has 0 radical (unpaired) electrons. The number of amides is 2. The van der Waals surface area contributed by atoms with Gasteiger partial charge in [-0.3, -0.25) is 9.59 Å². The number of hydrogen-bond acceptors (Lipinski definition) is 2. The second-order valence-electron chi connectivity index (χ2n) is 4.96. The number of rotatable bonds is 1. The van der Waals surface area contributed by atoms with Crippen LogP contribution in [0.5, 0.6) is 0 Å². The van der Waals surface area contributed by atoms with Gasteiger partial charge in [0.05, 0.1) is 12.6 Å². The molecule has 1 atom stereocenters. The minimum Gasteiger partial charge on any atom is -0.332 e. The molecule has 0 aliphatic carbocycles. The number of alkyl halides is 1. The van der Waals surface area contributed by atoms with E-state index in [1.54, 1.807) is 4.90 Å². The van der Waals surface area contributed by atoms with Crippen LogP contribution >= 0.6 is 11.6 Å². The van der Waals surface area contributed by atoms with Crippen LogP contribution in [0.25, 0.3) is 0 Å². The van der Waals surface area contributed by atoms with E-state index in [0.29, 0.717) is 6.54 Å². The molecule has 2 heterocycles. The molecule has 1 unspecified atom stereocenters. The maximum atomic E-state index is 12.2. The molecule has 2 aliphatic heterocycles. The molecule has 0 N–H and O–H groups in total. The normalized spacial score (nSPS) is 21.9. The summed E-state index contributed by atoms with van der Waals surface area (Å²) in [6.45, 7) is 1.45. The van der Waals surface area contributed by atoms with Crippen molar-refractivity contribution in [1.82, 2.24) is 9.80 Å². The predicted octanol–water partition coefficient (Wildman–Crippen LogP) is 1.19. The van der Waals surface area contributed by atoms with Crippen LogP contribution in [0.2, 0.25) is 0 Å². The number of halogens is 1. The molecule has 0 bridgehead atoms. The van der Waals surface area contributed by atoms with Crippen molar-refractivity contribution in [3.05, 3.63) is 35.4 Å². The highest BCUT2D eigenvalue weighted by atomic mass is 35.5. The molecule has 1 aromatic rings. The van der Waals surface area contributed by atoms with E-state index in [0.717, 1.165) is 18.5 Å². The van der Waals surface area contributed by atoms with Crippen molar-refractivity contribution in [3.8, 4) is 0 Å². The minimum absolute atomic E-state index is 0.0154. The molecule has 2 amide bonds. The Morgan fingerprint density at radius 1 is 1.37 bits per heavy atom. The summed E-state index contributed by atoms with van der Waals surface area (Å²) in [5, 5.41) is 0. The van der Waals surface area contributed by atoms with E-state index in [1.165, 1.54) is 5.56 Å². The molecule has 5 heteroatoms. The average Bonchev–Trinajstić information content (AvgIpc) is 2.46. The van der Waals surface area contributed by atoms with E-state index in [9.17, 15) is 9.59 Å². The van der Waals surface area contributed by atoms with E-state index in [2.05, 4.69) is 6.07 Å². The third-order valence-electron chi connectivity index (χ3n) is 3.92. The lowest BCUT2D eigenvalue weighted by Crippen LogP contribution is -2.55. The molecule has 0 saturated carbocycles. The summed E-state index contributed by atoms with van der Waals surface area (Å²) < 4.78 is 0. The Morgan fingerprint density at radius 2 is 2.16 bits per heavy atom. The number of fused-ring (bicyclic) bond motifs is 3. The summed E-state index contributed by atoms with van der Waals surface area (Å²) in [5.74, 6) is -0.219. The number of nitrogens with zero attached hydrogens (tertiary/aromatic N) is 2. The maximum Gasteiger partial charge on any atom is 0.242 e. The standard InChI is InChI=1S/C14H15ClN2O2/c15-7-13(18)16-8-12-11-4-2-1-3-10(11)5-6-17(12)14(19)9-16/h1-4,12H,5-9H2. The van der Waals surface area contributed by atoms with Gasteiger partial charge in [-0.05, 0) is 17.5 Å². The van der Waals surface area contributed by atoms with Gasteiger partial charge in [0.25, 0.3) is 0 Å². The van der Waals surface area contributed by atoms with Crippen LogP contribution < -0.4 is 0 Å². The number of carbonyl (C=O) groups excluding carboxylic acids is 2. The third-order valence-corrected chi connectivity index (χ3v) is 4.15. The van der Waals surface area contributed by atoms with Crippen molar-refractivity contribution in [2.24, 2.45) is 0 Å². The Labute approximate surface area is 116 Å². The monoisotopic (exact) mass is 278 g/mol. The molecule has 0 spiro atoms. The van der Waals surface area contributed by atoms with Gasteiger partial charge in [-0.25, -0.2) is 0 Å². The summed E-state index contributed by atoms with van der Waals surface area (Å²) >= 11 is 5.59. The Bertz CT molecular complexity index is 532. The number of carbonyl (C=O) groups is 2. The first kappa shape index (κ1) is 12.5. The van der Waals surface area contributed by atoms with Crippen LogP contribution in [0.1, 0.15) is 17.2 Å². The van der Waals surface area contributed by atoms with Gasteiger partial charge in [-0.15, -0.1) is 11.6 Å². The van der Waals surface area contributed by atoms with E-state index in [-0.39, 0.29) is 30.3 Å². The number of benzene rings is 1. The molecule has 4 nitrogen and oxygen atoms in total. The van der Waals surface area contributed by atoms with Gasteiger partial charge in [0.15, 0.2) is 0 Å². The van der Waals surface area contributed by atoms with E-state index < -0.39 is 0 Å². The molecular weight excluding hydrogens is 264 g/mol. The van der Waals surface area contributed by atoms with Gasteiger partial charge < -0.3 is 9.80 Å². The van der Waals surface area contributed by atoms with Gasteiger partial charge in [0.2, 0.25) is 11.8 Å². The van der Waals surface area contributed by atoms with Crippen LogP contribution in [0, 0.1) is 0 Å². The van der Waals surface area contributed by atoms with E-state index in [4.69, 9.17) is 11.6 Å². The summed E-state index contributed by atoms with van der Waals surface area (Å²) in [7, 11) is 0. The van der Waals surface area contributed by atoms with Crippen LogP contribution in [0.4, 0.5) is 0 Å². The summed E-state index contributed by atoms with van der Waals surface area (Å²) in [6, 6.07) is 8.13. The highest BCUT2D eigenvalue weighted by Crippen LogP contribution is 2.32. The summed E-state index contributed by atoms with van der Waals surface area (Å²) in [5.41, 5.74) is 2.44. The van der Waals surface area contributed by atoms with Crippen LogP contribution in [-0.4, -0.2) is 47.1 Å². The summed E-state index contributed by atoms with van der Waals surface area (Å²) in [6.07, 6.45) is 0.891. The number of hydrogen-bond donors (Lipinski definition) is 0. The first-order valence-corrected chi connectivity index (χ1v) is 6.95. The Morgan fingerprint density at radius 3 is 2.95 bits per heavy atom. The van der Waals surface area contributed by atoms with Gasteiger partial charge >= 0.3 is 0 Å². The number of piperazine rings is 1. The van der Waals surface area contributed by atoms with Crippen molar-refractivity contribution in [1.29, 1.82) is 0 Å². The molecule has 1 saturated heterocycles. The lowest BCUT2D eigenvalue weighted by Gasteiger charge is -2.44. The van der Waals surface area contributed by atoms with Gasteiger partial charge in [-0.1, -0.05) is 24.3 Å². The first-order chi connectivity index (χ1) is 9.20. The maximum absolute atomic E-state index is 12.2. The topological polar surface area (TPSA) is 40.6 Å². The van der Waals surface area contributed by atoms with Crippen LogP contribution in [-0.2, 0) is 16.0 Å². The molecule has 100 valence electrons. The highest BCUT2D eigenvalue weighted by Gasteiger charge is 2.37. The zero-order valence-electron chi connectivity index (χ0n) is 10.5. The predicted molar refractivity (Wildman–Crippen MR) is 71.9 cm³/mol. The van der Waals surface area contributed by atoms with E-state index >= 15 is 0 Å². The minimum atomic E-state index is -0.169. The Hall–Kier alpha value is -1.55. The van der Waals surface area contributed by atoms with Crippen LogP contribution in [0.15, 0.2) is 24.3 Å². The zero-order chi connectivity index (χ0) is 13.4. The molecule has 0 aromatic heterocycles. The lowest BCUT2D eigenvalue weighted by atomic mass is 9.91. The Balaban J connectivity index is 1.93. The summed E-state index contributed by atoms with van der Waals surface area (Å²) in [4.78, 5) is 27.3. The Kier molecular flexibility index (Phi) is 3.19. The fourth-order valence-corrected chi connectivity index (χ4v) is 3.12. The van der Waals surface area contributed by atoms with Gasteiger partial charge in [0.1, 0.15) is 5.88 Å². The molecule has 3 rings (SSSR count). The van der Waals surface area contributed by atoms with Crippen LogP contribution in [0.3, 0.4) is 0 Å². The van der Waals surface area contributed by atoms with Crippen molar-refractivity contribution >= 4 is 23.4 Å². The second kappa shape index (κ2) is 4.85. The van der Waals surface area contributed by atoms with Crippen molar-refractivity contribution in [2.75, 3.05) is 25.5 Å². The zero-order valence-corrected chi connectivity index (χ0v) is 11.3. The molecule has 19 heavy (non-hydrogen) atoms. The smallest absolute Gasteiger partial charge is 0.242 e. The molecule has 2 aliphatic rings. The fraction of sp³-hybridized carbons (Fsp3) is 0.429. The fourth-order valence-electron chi connectivity index (χ4n) is 2.95. The lowest BCUT2D eigenvalue weighted by molar-refractivity contribution is -0.148. The first-order valence-electron chi connectivity index (χ1n) is 6.41.